The van der Waals surface area contributed by atoms with Crippen molar-refractivity contribution >= 4 is 44.1 Å². The zero-order valence-electron chi connectivity index (χ0n) is 18.2. The number of fused-ring (bicyclic) bond motifs is 3. The number of methoxy groups -OCH3 is 1. The van der Waals surface area contributed by atoms with Gasteiger partial charge in [-0.1, -0.05) is 28.9 Å². The predicted octanol–water partition coefficient (Wildman–Crippen LogP) is 5.72. The molecule has 5 rings (SSSR count). The number of carbonyl (C=O) groups excluding carboxylic acids is 2. The van der Waals surface area contributed by atoms with Crippen molar-refractivity contribution in [3.63, 3.8) is 0 Å². The standard InChI is InChI=1S/C25H23BrN2O4S/c1-13-3-9-17-20(11-13)33-24-21(17)23(29)27-22(28-24)15-6-10-18(19(12-15)31-2)32-25(30)14-4-7-16(26)8-5-14/h4-8,10,12-13,22,28H,3,9,11H2,1-2H3,(H,27,29)/t13-,22-/m0/s1. The number of anilines is 1. The molecule has 2 aliphatic rings. The molecule has 1 amide bonds. The molecule has 2 aromatic carbocycles. The van der Waals surface area contributed by atoms with E-state index in [0.717, 1.165) is 39.9 Å². The van der Waals surface area contributed by atoms with Gasteiger partial charge in [-0.15, -0.1) is 11.3 Å². The third kappa shape index (κ3) is 4.25. The topological polar surface area (TPSA) is 76.7 Å². The average molecular weight is 527 g/mol. The molecule has 1 aliphatic heterocycles. The molecule has 0 spiro atoms. The van der Waals surface area contributed by atoms with Gasteiger partial charge in [-0.05, 0) is 72.7 Å². The Morgan fingerprint density at radius 3 is 2.67 bits per heavy atom. The molecule has 2 atom stereocenters. The van der Waals surface area contributed by atoms with E-state index in [9.17, 15) is 9.59 Å². The monoisotopic (exact) mass is 526 g/mol. The molecule has 33 heavy (non-hydrogen) atoms. The first-order valence-electron chi connectivity index (χ1n) is 10.8. The van der Waals surface area contributed by atoms with E-state index in [4.69, 9.17) is 9.47 Å². The maximum absolute atomic E-state index is 13.0. The molecule has 0 saturated heterocycles. The first-order valence-corrected chi connectivity index (χ1v) is 12.4. The molecular formula is C25H23BrN2O4S. The number of amides is 1. The normalized spacial score (nSPS) is 19.1. The van der Waals surface area contributed by atoms with E-state index in [1.54, 1.807) is 47.7 Å². The fourth-order valence-electron chi connectivity index (χ4n) is 4.32. The minimum Gasteiger partial charge on any atom is -0.493 e. The SMILES string of the molecule is COc1cc([C@H]2NC(=O)c3c(sc4c3CC[C@H](C)C4)N2)ccc1OC(=O)c1ccc(Br)cc1. The van der Waals surface area contributed by atoms with E-state index in [1.165, 1.54) is 17.6 Å². The Morgan fingerprint density at radius 1 is 1.12 bits per heavy atom. The number of nitrogens with one attached hydrogen (secondary N) is 2. The van der Waals surface area contributed by atoms with E-state index in [0.29, 0.717) is 23.0 Å². The van der Waals surface area contributed by atoms with Crippen LogP contribution in [0.1, 0.15) is 56.2 Å². The van der Waals surface area contributed by atoms with Crippen molar-refractivity contribution in [1.29, 1.82) is 0 Å². The summed E-state index contributed by atoms with van der Waals surface area (Å²) < 4.78 is 11.9. The lowest BCUT2D eigenvalue weighted by Crippen LogP contribution is -2.38. The molecule has 170 valence electrons. The zero-order chi connectivity index (χ0) is 23.1. The number of esters is 1. The van der Waals surface area contributed by atoms with Crippen LogP contribution in [0.4, 0.5) is 5.00 Å². The first-order chi connectivity index (χ1) is 15.9. The zero-order valence-corrected chi connectivity index (χ0v) is 20.6. The Kier molecular flexibility index (Phi) is 5.88. The Hall–Kier alpha value is -2.84. The largest absolute Gasteiger partial charge is 0.493 e. The Morgan fingerprint density at radius 2 is 1.91 bits per heavy atom. The summed E-state index contributed by atoms with van der Waals surface area (Å²) in [5.41, 5.74) is 3.25. The van der Waals surface area contributed by atoms with Gasteiger partial charge in [0.2, 0.25) is 0 Å². The molecule has 8 heteroatoms. The van der Waals surface area contributed by atoms with E-state index >= 15 is 0 Å². The average Bonchev–Trinajstić information content (AvgIpc) is 3.17. The number of benzene rings is 2. The van der Waals surface area contributed by atoms with Crippen LogP contribution < -0.4 is 20.1 Å². The number of carbonyl (C=O) groups is 2. The Bertz CT molecular complexity index is 1240. The van der Waals surface area contributed by atoms with E-state index in [2.05, 4.69) is 33.5 Å². The summed E-state index contributed by atoms with van der Waals surface area (Å²) in [6.45, 7) is 2.26. The molecule has 0 saturated carbocycles. The maximum atomic E-state index is 13.0. The van der Waals surface area contributed by atoms with Gasteiger partial charge >= 0.3 is 5.97 Å². The van der Waals surface area contributed by atoms with Crippen LogP contribution in [0.5, 0.6) is 11.5 Å². The number of rotatable bonds is 4. The smallest absolute Gasteiger partial charge is 0.343 e. The van der Waals surface area contributed by atoms with Crippen molar-refractivity contribution in [2.24, 2.45) is 5.92 Å². The van der Waals surface area contributed by atoms with Gasteiger partial charge in [0, 0.05) is 9.35 Å². The second-order valence-corrected chi connectivity index (χ2v) is 10.4. The van der Waals surface area contributed by atoms with Crippen LogP contribution in [0.2, 0.25) is 0 Å². The highest BCUT2D eigenvalue weighted by Crippen LogP contribution is 2.43. The quantitative estimate of drug-likeness (QED) is 0.336. The number of hydrogen-bond acceptors (Lipinski definition) is 6. The van der Waals surface area contributed by atoms with Crippen LogP contribution >= 0.6 is 27.3 Å². The molecule has 0 fully saturated rings. The highest BCUT2D eigenvalue weighted by molar-refractivity contribution is 9.10. The Labute approximate surface area is 204 Å². The van der Waals surface area contributed by atoms with Gasteiger partial charge in [-0.2, -0.15) is 0 Å². The molecule has 3 aromatic rings. The maximum Gasteiger partial charge on any atom is 0.343 e. The van der Waals surface area contributed by atoms with E-state index < -0.39 is 12.1 Å². The number of ether oxygens (including phenoxy) is 2. The van der Waals surface area contributed by atoms with Gasteiger partial charge in [0.15, 0.2) is 11.5 Å². The summed E-state index contributed by atoms with van der Waals surface area (Å²) in [5.74, 6) is 0.858. The van der Waals surface area contributed by atoms with Gasteiger partial charge in [0.05, 0.1) is 18.2 Å². The molecular weight excluding hydrogens is 504 g/mol. The summed E-state index contributed by atoms with van der Waals surface area (Å²) in [6, 6.07) is 12.2. The van der Waals surface area contributed by atoms with Crippen molar-refractivity contribution in [2.75, 3.05) is 12.4 Å². The number of thiophene rings is 1. The summed E-state index contributed by atoms with van der Waals surface area (Å²) in [5, 5.41) is 7.47. The van der Waals surface area contributed by atoms with Crippen molar-refractivity contribution in [3.8, 4) is 11.5 Å². The van der Waals surface area contributed by atoms with Crippen LogP contribution in [0.25, 0.3) is 0 Å². The number of halogens is 1. The molecule has 1 aromatic heterocycles. The summed E-state index contributed by atoms with van der Waals surface area (Å²) >= 11 is 5.04. The molecule has 0 radical (unpaired) electrons. The molecule has 0 unspecified atom stereocenters. The van der Waals surface area contributed by atoms with Gasteiger partial charge < -0.3 is 20.1 Å². The minimum atomic E-state index is -0.472. The minimum absolute atomic E-state index is 0.0505. The van der Waals surface area contributed by atoms with E-state index in [-0.39, 0.29) is 5.91 Å². The van der Waals surface area contributed by atoms with Crippen molar-refractivity contribution in [3.05, 3.63) is 74.1 Å². The molecule has 2 heterocycles. The molecule has 1 aliphatic carbocycles. The molecule has 0 bridgehead atoms. The van der Waals surface area contributed by atoms with Crippen LogP contribution in [0.15, 0.2) is 46.9 Å². The fraction of sp³-hybridized carbons (Fsp3) is 0.280. The van der Waals surface area contributed by atoms with Crippen LogP contribution in [0.3, 0.4) is 0 Å². The second kappa shape index (κ2) is 8.83. The van der Waals surface area contributed by atoms with Crippen LogP contribution in [0, 0.1) is 5.92 Å². The van der Waals surface area contributed by atoms with Gasteiger partial charge in [0.25, 0.3) is 5.91 Å². The molecule has 6 nitrogen and oxygen atoms in total. The lowest BCUT2D eigenvalue weighted by atomic mass is 9.88. The van der Waals surface area contributed by atoms with Gasteiger partial charge in [0.1, 0.15) is 11.2 Å². The lowest BCUT2D eigenvalue weighted by Gasteiger charge is -2.27. The van der Waals surface area contributed by atoms with Crippen molar-refractivity contribution in [1.82, 2.24) is 5.32 Å². The highest BCUT2D eigenvalue weighted by Gasteiger charge is 2.33. The van der Waals surface area contributed by atoms with Crippen molar-refractivity contribution < 1.29 is 19.1 Å². The summed E-state index contributed by atoms with van der Waals surface area (Å²) in [7, 11) is 1.52. The highest BCUT2D eigenvalue weighted by atomic mass is 79.9. The second-order valence-electron chi connectivity index (χ2n) is 8.41. The predicted molar refractivity (Wildman–Crippen MR) is 131 cm³/mol. The van der Waals surface area contributed by atoms with Crippen LogP contribution in [-0.2, 0) is 12.8 Å². The van der Waals surface area contributed by atoms with Crippen molar-refractivity contribution in [2.45, 2.75) is 32.4 Å². The van der Waals surface area contributed by atoms with Gasteiger partial charge in [-0.3, -0.25) is 4.79 Å². The van der Waals surface area contributed by atoms with Crippen LogP contribution in [-0.4, -0.2) is 19.0 Å². The fourth-order valence-corrected chi connectivity index (χ4v) is 6.02. The summed E-state index contributed by atoms with van der Waals surface area (Å²) in [4.78, 5) is 26.8. The lowest BCUT2D eigenvalue weighted by molar-refractivity contribution is 0.0729. The summed E-state index contributed by atoms with van der Waals surface area (Å²) in [6.07, 6.45) is 2.70. The van der Waals surface area contributed by atoms with Gasteiger partial charge in [-0.25, -0.2) is 4.79 Å². The van der Waals surface area contributed by atoms with E-state index in [1.807, 2.05) is 6.07 Å². The Balaban J connectivity index is 1.38. The number of hydrogen-bond donors (Lipinski definition) is 2. The first kappa shape index (κ1) is 22.0. The third-order valence-corrected chi connectivity index (χ3v) is 7.81. The third-order valence-electron chi connectivity index (χ3n) is 6.09. The molecule has 2 N–H and O–H groups in total.